The molecule has 1 aliphatic heterocycles. The largest absolute Gasteiger partial charge is 0.497 e. The molecule has 3 aromatic carbocycles. The number of ether oxygens (including phenoxy) is 2. The number of nitrogens with zero attached hydrogens (tertiary/aromatic N) is 4. The Morgan fingerprint density at radius 2 is 1.54 bits per heavy atom. The van der Waals surface area contributed by atoms with E-state index < -0.39 is 0 Å². The van der Waals surface area contributed by atoms with Crippen molar-refractivity contribution in [2.75, 3.05) is 38.2 Å². The molecule has 0 atom stereocenters. The lowest BCUT2D eigenvalue weighted by Crippen LogP contribution is -2.49. The zero-order valence-corrected chi connectivity index (χ0v) is 21.3. The number of aromatic nitrogens is 2. The average Bonchev–Trinajstić information content (AvgIpc) is 3.37. The highest BCUT2D eigenvalue weighted by Crippen LogP contribution is 2.25. The van der Waals surface area contributed by atoms with Crippen molar-refractivity contribution in [1.82, 2.24) is 14.3 Å². The van der Waals surface area contributed by atoms with Gasteiger partial charge in [0.1, 0.15) is 17.3 Å². The lowest BCUT2D eigenvalue weighted by atomic mass is 10.1. The van der Waals surface area contributed by atoms with E-state index in [4.69, 9.17) is 9.47 Å². The number of piperazine rings is 1. The smallest absolute Gasteiger partial charge is 0.298 e. The van der Waals surface area contributed by atoms with E-state index in [2.05, 4.69) is 14.3 Å². The Balaban J connectivity index is 1.10. The SMILES string of the molecule is COc1ccc(N2CCN(C(=O)Cc3ccc(Oc4nc(Cc5ccc(F)cc5)ns4)cc3)CC2)cc1. The first-order valence-corrected chi connectivity index (χ1v) is 12.8. The molecule has 0 radical (unpaired) electrons. The maximum atomic E-state index is 13.1. The van der Waals surface area contributed by atoms with Gasteiger partial charge in [-0.3, -0.25) is 4.79 Å². The molecule has 0 spiro atoms. The number of methoxy groups -OCH3 is 1. The molecule has 2 heterocycles. The first-order chi connectivity index (χ1) is 18.1. The van der Waals surface area contributed by atoms with Gasteiger partial charge in [0.2, 0.25) is 5.91 Å². The third-order valence-corrected chi connectivity index (χ3v) is 6.91. The van der Waals surface area contributed by atoms with Crippen molar-refractivity contribution in [3.8, 4) is 16.7 Å². The van der Waals surface area contributed by atoms with Gasteiger partial charge in [-0.15, -0.1) is 0 Å². The van der Waals surface area contributed by atoms with Gasteiger partial charge in [0.15, 0.2) is 5.82 Å². The number of amides is 1. The molecule has 0 bridgehead atoms. The van der Waals surface area contributed by atoms with E-state index in [9.17, 15) is 9.18 Å². The first-order valence-electron chi connectivity index (χ1n) is 12.1. The van der Waals surface area contributed by atoms with E-state index in [0.29, 0.717) is 42.7 Å². The Morgan fingerprint density at radius 1 is 0.892 bits per heavy atom. The Hall–Kier alpha value is -3.98. The number of anilines is 1. The molecule has 0 aliphatic carbocycles. The van der Waals surface area contributed by atoms with Crippen LogP contribution in [-0.2, 0) is 17.6 Å². The fourth-order valence-corrected chi connectivity index (χ4v) is 4.77. The number of benzene rings is 3. The number of carbonyl (C=O) groups excluding carboxylic acids is 1. The zero-order valence-electron chi connectivity index (χ0n) is 20.5. The monoisotopic (exact) mass is 518 g/mol. The van der Waals surface area contributed by atoms with Gasteiger partial charge in [-0.05, 0) is 59.7 Å². The van der Waals surface area contributed by atoms with E-state index in [1.807, 2.05) is 53.4 Å². The van der Waals surface area contributed by atoms with Gasteiger partial charge in [-0.1, -0.05) is 24.3 Å². The average molecular weight is 519 g/mol. The fraction of sp³-hybridized carbons (Fsp3) is 0.250. The van der Waals surface area contributed by atoms with Crippen LogP contribution in [-0.4, -0.2) is 53.5 Å². The van der Waals surface area contributed by atoms with Crippen molar-refractivity contribution < 1.29 is 18.7 Å². The molecular formula is C28H27FN4O3S. The van der Waals surface area contributed by atoms with Crippen LogP contribution < -0.4 is 14.4 Å². The molecule has 0 N–H and O–H groups in total. The highest BCUT2D eigenvalue weighted by atomic mass is 32.1. The molecule has 1 saturated heterocycles. The van der Waals surface area contributed by atoms with Gasteiger partial charge in [-0.2, -0.15) is 9.36 Å². The minimum Gasteiger partial charge on any atom is -0.497 e. The van der Waals surface area contributed by atoms with Crippen LogP contribution in [0.2, 0.25) is 0 Å². The molecule has 5 rings (SSSR count). The van der Waals surface area contributed by atoms with Crippen molar-refractivity contribution in [3.05, 3.63) is 95.6 Å². The molecule has 37 heavy (non-hydrogen) atoms. The van der Waals surface area contributed by atoms with Crippen molar-refractivity contribution in [3.63, 3.8) is 0 Å². The molecule has 0 saturated carbocycles. The highest BCUT2D eigenvalue weighted by Gasteiger charge is 2.21. The second kappa shape index (κ2) is 11.4. The minimum absolute atomic E-state index is 0.123. The van der Waals surface area contributed by atoms with Crippen LogP contribution in [0.5, 0.6) is 16.7 Å². The van der Waals surface area contributed by atoms with Crippen molar-refractivity contribution in [2.45, 2.75) is 12.8 Å². The number of carbonyl (C=O) groups is 1. The second-order valence-corrected chi connectivity index (χ2v) is 9.48. The summed E-state index contributed by atoms with van der Waals surface area (Å²) in [6.07, 6.45) is 0.860. The number of halogens is 1. The van der Waals surface area contributed by atoms with Gasteiger partial charge < -0.3 is 19.3 Å². The van der Waals surface area contributed by atoms with Crippen molar-refractivity contribution >= 4 is 23.1 Å². The predicted molar refractivity (Wildman–Crippen MR) is 141 cm³/mol. The second-order valence-electron chi connectivity index (χ2n) is 8.77. The molecule has 1 aliphatic rings. The van der Waals surface area contributed by atoms with Crippen LogP contribution in [0.4, 0.5) is 10.1 Å². The summed E-state index contributed by atoms with van der Waals surface area (Å²) in [5, 5.41) is 0.440. The van der Waals surface area contributed by atoms with E-state index in [1.54, 1.807) is 19.2 Å². The normalized spacial score (nSPS) is 13.5. The number of hydrogen-bond donors (Lipinski definition) is 0. The summed E-state index contributed by atoms with van der Waals surface area (Å²) in [6.45, 7) is 3.00. The van der Waals surface area contributed by atoms with E-state index in [-0.39, 0.29) is 11.7 Å². The molecule has 190 valence electrons. The number of hydrogen-bond acceptors (Lipinski definition) is 7. The van der Waals surface area contributed by atoms with Crippen LogP contribution >= 0.6 is 11.5 Å². The summed E-state index contributed by atoms with van der Waals surface area (Å²) < 4.78 is 28.5. The number of rotatable bonds is 8. The van der Waals surface area contributed by atoms with Crippen LogP contribution in [0, 0.1) is 5.82 Å². The molecule has 1 aromatic heterocycles. The maximum absolute atomic E-state index is 13.1. The van der Waals surface area contributed by atoms with E-state index >= 15 is 0 Å². The highest BCUT2D eigenvalue weighted by molar-refractivity contribution is 7.07. The quantitative estimate of drug-likeness (QED) is 0.329. The molecule has 4 aromatic rings. The first kappa shape index (κ1) is 24.7. The van der Waals surface area contributed by atoms with Gasteiger partial charge in [0.25, 0.3) is 5.19 Å². The summed E-state index contributed by atoms with van der Waals surface area (Å²) >= 11 is 1.17. The van der Waals surface area contributed by atoms with E-state index in [0.717, 1.165) is 35.7 Å². The third kappa shape index (κ3) is 6.42. The molecule has 1 fully saturated rings. The Labute approximate surface area is 219 Å². The molecule has 0 unspecified atom stereocenters. The standard InChI is InChI=1S/C28H27FN4O3S/c1-35-24-12-8-23(9-13-24)32-14-16-33(17-15-32)27(34)19-21-4-10-25(11-5-21)36-28-30-26(31-37-28)18-20-2-6-22(29)7-3-20/h2-13H,14-19H2,1H3. The van der Waals surface area contributed by atoms with Gasteiger partial charge in [0.05, 0.1) is 13.5 Å². The Bertz CT molecular complexity index is 1320. The Kier molecular flexibility index (Phi) is 7.60. The predicted octanol–water partition coefficient (Wildman–Crippen LogP) is 4.96. The molecule has 1 amide bonds. The van der Waals surface area contributed by atoms with Crippen molar-refractivity contribution in [1.29, 1.82) is 0 Å². The van der Waals surface area contributed by atoms with Crippen LogP contribution in [0.25, 0.3) is 0 Å². The third-order valence-electron chi connectivity index (χ3n) is 6.28. The summed E-state index contributed by atoms with van der Waals surface area (Å²) in [6, 6.07) is 21.8. The van der Waals surface area contributed by atoms with Crippen molar-refractivity contribution in [2.24, 2.45) is 0 Å². The molecular weight excluding hydrogens is 491 g/mol. The summed E-state index contributed by atoms with van der Waals surface area (Å²) in [5.74, 6) is 1.95. The topological polar surface area (TPSA) is 67.8 Å². The summed E-state index contributed by atoms with van der Waals surface area (Å²) in [7, 11) is 1.66. The van der Waals surface area contributed by atoms with Crippen LogP contribution in [0.3, 0.4) is 0 Å². The van der Waals surface area contributed by atoms with E-state index in [1.165, 1.54) is 23.7 Å². The fourth-order valence-electron chi connectivity index (χ4n) is 4.21. The van der Waals surface area contributed by atoms with Gasteiger partial charge in [0, 0.05) is 49.8 Å². The maximum Gasteiger partial charge on any atom is 0.298 e. The lowest BCUT2D eigenvalue weighted by molar-refractivity contribution is -0.130. The molecule has 7 nitrogen and oxygen atoms in total. The van der Waals surface area contributed by atoms with Crippen LogP contribution in [0.1, 0.15) is 17.0 Å². The molecule has 9 heteroatoms. The summed E-state index contributed by atoms with van der Waals surface area (Å²) in [4.78, 5) is 21.5. The minimum atomic E-state index is -0.267. The summed E-state index contributed by atoms with van der Waals surface area (Å²) in [5.41, 5.74) is 3.01. The van der Waals surface area contributed by atoms with Gasteiger partial charge >= 0.3 is 0 Å². The van der Waals surface area contributed by atoms with Crippen LogP contribution in [0.15, 0.2) is 72.8 Å². The lowest BCUT2D eigenvalue weighted by Gasteiger charge is -2.36. The van der Waals surface area contributed by atoms with Gasteiger partial charge in [-0.25, -0.2) is 4.39 Å². The zero-order chi connectivity index (χ0) is 25.6. The Morgan fingerprint density at radius 3 is 2.22 bits per heavy atom.